The summed E-state index contributed by atoms with van der Waals surface area (Å²) in [4.78, 5) is 38.6. The monoisotopic (exact) mass is 540 g/mol. The van der Waals surface area contributed by atoms with Gasteiger partial charge in [-0.25, -0.2) is 14.4 Å². The maximum absolute atomic E-state index is 12.9. The number of benzene rings is 4. The molecular weight excluding hydrogens is 527 g/mol. The second-order valence-corrected chi connectivity index (χ2v) is 8.64. The highest BCUT2D eigenvalue weighted by molar-refractivity contribution is 6.31. The van der Waals surface area contributed by atoms with Gasteiger partial charge in [0.25, 0.3) is 0 Å². The Kier molecular flexibility index (Phi) is 7.90. The maximum Gasteiger partial charge on any atom is 0.343 e. The lowest BCUT2D eigenvalue weighted by atomic mass is 10.1. The Morgan fingerprint density at radius 3 is 0.861 bits per heavy atom. The normalized spacial score (nSPS) is 10.4. The highest BCUT2D eigenvalue weighted by atomic mass is 35.5. The first-order chi connectivity index (χ1) is 17.3. The first-order valence-electron chi connectivity index (χ1n) is 10.4. The average molecular weight is 542 g/mol. The van der Waals surface area contributed by atoms with Crippen LogP contribution in [0.5, 0.6) is 17.2 Å². The van der Waals surface area contributed by atoms with Crippen molar-refractivity contribution in [2.45, 2.75) is 0 Å². The minimum absolute atomic E-state index is 0.0708. The lowest BCUT2D eigenvalue weighted by Gasteiger charge is -2.10. The van der Waals surface area contributed by atoms with Gasteiger partial charge in [-0.3, -0.25) is 0 Å². The minimum atomic E-state index is -0.806. The lowest BCUT2D eigenvalue weighted by molar-refractivity contribution is 0.0734. The molecule has 0 radical (unpaired) electrons. The van der Waals surface area contributed by atoms with Crippen LogP contribution in [-0.4, -0.2) is 17.9 Å². The Bertz CT molecular complexity index is 1230. The second kappa shape index (κ2) is 11.3. The molecule has 4 rings (SSSR count). The molecule has 0 N–H and O–H groups in total. The Balaban J connectivity index is 1.64. The summed E-state index contributed by atoms with van der Waals surface area (Å²) in [5, 5.41) is 1.40. The van der Waals surface area contributed by atoms with Gasteiger partial charge in [-0.2, -0.15) is 0 Å². The summed E-state index contributed by atoms with van der Waals surface area (Å²) >= 11 is 17.6. The molecule has 0 bridgehead atoms. The van der Waals surface area contributed by atoms with Crippen LogP contribution in [0, 0.1) is 0 Å². The Hall–Kier alpha value is -3.84. The smallest absolute Gasteiger partial charge is 0.343 e. The number of ether oxygens (including phenoxy) is 3. The topological polar surface area (TPSA) is 78.9 Å². The SMILES string of the molecule is O=C(Oc1ccc(Cl)cc1)c1cc(C(=O)Oc2ccc(Cl)cc2)cc(C(=O)Oc2ccc(Cl)cc2)c1. The molecule has 0 aromatic heterocycles. The van der Waals surface area contributed by atoms with E-state index >= 15 is 0 Å². The van der Waals surface area contributed by atoms with Crippen LogP contribution >= 0.6 is 34.8 Å². The third-order valence-corrected chi connectivity index (χ3v) is 5.47. The van der Waals surface area contributed by atoms with E-state index in [4.69, 9.17) is 49.0 Å². The van der Waals surface area contributed by atoms with E-state index in [9.17, 15) is 14.4 Å². The third kappa shape index (κ3) is 6.64. The van der Waals surface area contributed by atoms with Crippen molar-refractivity contribution in [3.05, 3.63) is 123 Å². The predicted molar refractivity (Wildman–Crippen MR) is 136 cm³/mol. The standard InChI is InChI=1S/C27H15Cl3O6/c28-19-1-7-22(8-2-19)34-25(31)16-13-17(26(32)35-23-9-3-20(29)4-10-23)15-18(14-16)27(33)36-24-11-5-21(30)6-12-24/h1-15H. The zero-order chi connectivity index (χ0) is 25.7. The van der Waals surface area contributed by atoms with Gasteiger partial charge in [0.15, 0.2) is 0 Å². The first-order valence-corrected chi connectivity index (χ1v) is 11.5. The Labute approximate surface area is 220 Å². The van der Waals surface area contributed by atoms with Crippen LogP contribution in [0.2, 0.25) is 15.1 Å². The molecular formula is C27H15Cl3O6. The number of hydrogen-bond acceptors (Lipinski definition) is 6. The molecule has 0 atom stereocenters. The first kappa shape index (κ1) is 25.3. The van der Waals surface area contributed by atoms with E-state index in [2.05, 4.69) is 0 Å². The molecule has 4 aromatic carbocycles. The maximum atomic E-state index is 12.9. The van der Waals surface area contributed by atoms with Crippen molar-refractivity contribution in [2.75, 3.05) is 0 Å². The van der Waals surface area contributed by atoms with E-state index in [1.54, 1.807) is 36.4 Å². The van der Waals surface area contributed by atoms with Crippen molar-refractivity contribution in [1.82, 2.24) is 0 Å². The molecule has 9 heteroatoms. The number of carbonyl (C=O) groups is 3. The molecule has 0 spiro atoms. The summed E-state index contributed by atoms with van der Waals surface area (Å²) in [5.41, 5.74) is -0.212. The molecule has 0 amide bonds. The van der Waals surface area contributed by atoms with Crippen LogP contribution in [0.4, 0.5) is 0 Å². The quantitative estimate of drug-likeness (QED) is 0.188. The second-order valence-electron chi connectivity index (χ2n) is 7.33. The molecule has 0 aliphatic heterocycles. The van der Waals surface area contributed by atoms with Gasteiger partial charge < -0.3 is 14.2 Å². The zero-order valence-electron chi connectivity index (χ0n) is 18.2. The number of esters is 3. The molecule has 0 saturated heterocycles. The minimum Gasteiger partial charge on any atom is -0.423 e. The van der Waals surface area contributed by atoms with Crippen LogP contribution in [0.1, 0.15) is 31.1 Å². The fourth-order valence-corrected chi connectivity index (χ4v) is 3.36. The average Bonchev–Trinajstić information content (AvgIpc) is 2.87. The molecule has 0 fully saturated rings. The summed E-state index contributed by atoms with van der Waals surface area (Å²) in [6.45, 7) is 0. The number of halogens is 3. The number of rotatable bonds is 6. The van der Waals surface area contributed by atoms with E-state index < -0.39 is 17.9 Å². The van der Waals surface area contributed by atoms with Gasteiger partial charge in [-0.1, -0.05) is 34.8 Å². The molecule has 0 unspecified atom stereocenters. The van der Waals surface area contributed by atoms with Crippen LogP contribution in [0.15, 0.2) is 91.0 Å². The summed E-state index contributed by atoms with van der Waals surface area (Å²) in [5.74, 6) is -1.74. The van der Waals surface area contributed by atoms with E-state index in [1.807, 2.05) is 0 Å². The largest absolute Gasteiger partial charge is 0.423 e. The van der Waals surface area contributed by atoms with Crippen molar-refractivity contribution in [1.29, 1.82) is 0 Å². The summed E-state index contributed by atoms with van der Waals surface area (Å²) < 4.78 is 16.1. The van der Waals surface area contributed by atoms with Gasteiger partial charge in [0.1, 0.15) is 17.2 Å². The van der Waals surface area contributed by atoms with Crippen LogP contribution in [0.25, 0.3) is 0 Å². The molecule has 180 valence electrons. The molecule has 0 aliphatic rings. The zero-order valence-corrected chi connectivity index (χ0v) is 20.5. The molecule has 0 saturated carbocycles. The highest BCUT2D eigenvalue weighted by Gasteiger charge is 2.20. The molecule has 0 heterocycles. The van der Waals surface area contributed by atoms with Gasteiger partial charge in [-0.05, 0) is 91.0 Å². The van der Waals surface area contributed by atoms with Gasteiger partial charge in [0.05, 0.1) is 16.7 Å². The van der Waals surface area contributed by atoms with E-state index in [0.717, 1.165) is 0 Å². The van der Waals surface area contributed by atoms with Crippen LogP contribution < -0.4 is 14.2 Å². The Morgan fingerprint density at radius 1 is 0.417 bits per heavy atom. The summed E-state index contributed by atoms with van der Waals surface area (Å²) in [6, 6.07) is 22.2. The van der Waals surface area contributed by atoms with Crippen molar-refractivity contribution >= 4 is 52.7 Å². The van der Waals surface area contributed by atoms with Crippen molar-refractivity contribution in [3.63, 3.8) is 0 Å². The van der Waals surface area contributed by atoms with E-state index in [0.29, 0.717) is 15.1 Å². The van der Waals surface area contributed by atoms with Crippen molar-refractivity contribution in [2.24, 2.45) is 0 Å². The van der Waals surface area contributed by atoms with Gasteiger partial charge in [0.2, 0.25) is 0 Å². The van der Waals surface area contributed by atoms with Gasteiger partial charge in [-0.15, -0.1) is 0 Å². The summed E-state index contributed by atoms with van der Waals surface area (Å²) in [7, 11) is 0. The Morgan fingerprint density at radius 2 is 0.639 bits per heavy atom. The van der Waals surface area contributed by atoms with Gasteiger partial charge >= 0.3 is 17.9 Å². The lowest BCUT2D eigenvalue weighted by Crippen LogP contribution is -2.16. The third-order valence-electron chi connectivity index (χ3n) is 4.71. The highest BCUT2D eigenvalue weighted by Crippen LogP contribution is 2.22. The molecule has 4 aromatic rings. The number of carbonyl (C=O) groups excluding carboxylic acids is 3. The van der Waals surface area contributed by atoms with Crippen LogP contribution in [0.3, 0.4) is 0 Å². The van der Waals surface area contributed by atoms with E-state index in [-0.39, 0.29) is 33.9 Å². The van der Waals surface area contributed by atoms with Crippen molar-refractivity contribution < 1.29 is 28.6 Å². The van der Waals surface area contributed by atoms with E-state index in [1.165, 1.54) is 54.6 Å². The van der Waals surface area contributed by atoms with Crippen LogP contribution in [-0.2, 0) is 0 Å². The molecule has 6 nitrogen and oxygen atoms in total. The fourth-order valence-electron chi connectivity index (χ4n) is 2.99. The fraction of sp³-hybridized carbons (Fsp3) is 0. The van der Waals surface area contributed by atoms with Gasteiger partial charge in [0, 0.05) is 15.1 Å². The van der Waals surface area contributed by atoms with Crippen molar-refractivity contribution in [3.8, 4) is 17.2 Å². The summed E-state index contributed by atoms with van der Waals surface area (Å²) in [6.07, 6.45) is 0. The predicted octanol–water partition coefficient (Wildman–Crippen LogP) is 7.30. The number of hydrogen-bond donors (Lipinski definition) is 0. The molecule has 36 heavy (non-hydrogen) atoms. The molecule has 0 aliphatic carbocycles.